The summed E-state index contributed by atoms with van der Waals surface area (Å²) < 4.78 is 5.27. The second-order valence-corrected chi connectivity index (χ2v) is 13.0. The average Bonchev–Trinajstić information content (AvgIpc) is 3.34. The Hall–Kier alpha value is -0.610. The van der Waals surface area contributed by atoms with Gasteiger partial charge in [-0.3, -0.25) is 4.79 Å². The van der Waals surface area contributed by atoms with Crippen molar-refractivity contribution in [3.05, 3.63) is 0 Å². The minimum Gasteiger partial charge on any atom is -0.465 e. The molecule has 10 atom stereocenters. The van der Waals surface area contributed by atoms with Crippen molar-refractivity contribution in [2.45, 2.75) is 97.4 Å². The third kappa shape index (κ3) is 3.76. The van der Waals surface area contributed by atoms with Crippen LogP contribution in [0.15, 0.2) is 0 Å². The summed E-state index contributed by atoms with van der Waals surface area (Å²) in [5.74, 6) is 5.38. The Labute approximate surface area is 196 Å². The lowest BCUT2D eigenvalue weighted by atomic mass is 9.44. The Morgan fingerprint density at radius 2 is 1.81 bits per heavy atom. The van der Waals surface area contributed by atoms with Crippen molar-refractivity contribution in [1.82, 2.24) is 5.32 Å². The second-order valence-electron chi connectivity index (χ2n) is 13.0. The van der Waals surface area contributed by atoms with Crippen molar-refractivity contribution < 1.29 is 9.53 Å². The van der Waals surface area contributed by atoms with E-state index in [0.717, 1.165) is 55.5 Å². The summed E-state index contributed by atoms with van der Waals surface area (Å²) in [7, 11) is 0. The smallest absolute Gasteiger partial charge is 0.309 e. The summed E-state index contributed by atoms with van der Waals surface area (Å²) in [6, 6.07) is 0.695. The molecule has 3 N–H and O–H groups in total. The molecular formula is C28H48N2O2. The number of fused-ring (bicyclic) bond motifs is 5. The van der Waals surface area contributed by atoms with Gasteiger partial charge in [-0.05, 0) is 117 Å². The van der Waals surface area contributed by atoms with Crippen LogP contribution in [-0.4, -0.2) is 31.7 Å². The summed E-state index contributed by atoms with van der Waals surface area (Å²) in [5, 5.41) is 3.73. The highest BCUT2D eigenvalue weighted by Gasteiger charge is 2.60. The predicted octanol–water partition coefficient (Wildman–Crippen LogP) is 5.15. The SMILES string of the molecule is C[C@H](CC1CCOC1=O)C1CCC2C3CCC4C[C@@H](NCCN)CC[C@]4(C)C3CC[C@@]21C. The van der Waals surface area contributed by atoms with Crippen molar-refractivity contribution in [2.24, 2.45) is 58.0 Å². The van der Waals surface area contributed by atoms with E-state index >= 15 is 0 Å². The van der Waals surface area contributed by atoms with E-state index in [1.165, 1.54) is 57.8 Å². The molecule has 0 aromatic rings. The normalized spacial score (nSPS) is 49.1. The first-order valence-electron chi connectivity index (χ1n) is 14.0. The summed E-state index contributed by atoms with van der Waals surface area (Å²) in [6.07, 6.45) is 14.7. The molecule has 5 rings (SSSR count). The molecule has 5 fully saturated rings. The maximum absolute atomic E-state index is 12.1. The van der Waals surface area contributed by atoms with Crippen LogP contribution in [0.25, 0.3) is 0 Å². The molecule has 1 aliphatic heterocycles. The molecule has 5 aliphatic rings. The number of nitrogens with one attached hydrogen (secondary N) is 1. The molecule has 4 nitrogen and oxygen atoms in total. The molecule has 6 unspecified atom stereocenters. The molecule has 0 radical (unpaired) electrons. The van der Waals surface area contributed by atoms with E-state index in [1.807, 2.05) is 0 Å². The van der Waals surface area contributed by atoms with Gasteiger partial charge < -0.3 is 15.8 Å². The molecule has 0 amide bonds. The van der Waals surface area contributed by atoms with Crippen LogP contribution in [0.1, 0.15) is 91.4 Å². The van der Waals surface area contributed by atoms with Crippen LogP contribution in [0.5, 0.6) is 0 Å². The number of carbonyl (C=O) groups is 1. The fraction of sp³-hybridized carbons (Fsp3) is 0.964. The van der Waals surface area contributed by atoms with Gasteiger partial charge in [-0.1, -0.05) is 20.8 Å². The molecule has 32 heavy (non-hydrogen) atoms. The van der Waals surface area contributed by atoms with Gasteiger partial charge >= 0.3 is 5.97 Å². The van der Waals surface area contributed by atoms with Gasteiger partial charge in [0, 0.05) is 19.1 Å². The monoisotopic (exact) mass is 444 g/mol. The van der Waals surface area contributed by atoms with Gasteiger partial charge in [0.05, 0.1) is 12.5 Å². The Kier molecular flexibility index (Phi) is 6.42. The zero-order valence-electron chi connectivity index (χ0n) is 20.9. The van der Waals surface area contributed by atoms with Crippen LogP contribution in [0.4, 0.5) is 0 Å². The summed E-state index contributed by atoms with van der Waals surface area (Å²) in [6.45, 7) is 10.1. The first-order valence-corrected chi connectivity index (χ1v) is 14.0. The van der Waals surface area contributed by atoms with Gasteiger partial charge in [0.1, 0.15) is 0 Å². The van der Waals surface area contributed by atoms with Crippen molar-refractivity contribution in [2.75, 3.05) is 19.7 Å². The van der Waals surface area contributed by atoms with Crippen molar-refractivity contribution >= 4 is 5.97 Å². The van der Waals surface area contributed by atoms with E-state index in [4.69, 9.17) is 10.5 Å². The number of cyclic esters (lactones) is 1. The van der Waals surface area contributed by atoms with Crippen LogP contribution in [0.3, 0.4) is 0 Å². The van der Waals surface area contributed by atoms with Crippen molar-refractivity contribution in [3.8, 4) is 0 Å². The molecule has 0 aromatic carbocycles. The van der Waals surface area contributed by atoms with Crippen LogP contribution >= 0.6 is 0 Å². The van der Waals surface area contributed by atoms with E-state index in [-0.39, 0.29) is 11.9 Å². The third-order valence-electron chi connectivity index (χ3n) is 11.7. The van der Waals surface area contributed by atoms with Crippen LogP contribution < -0.4 is 11.1 Å². The molecule has 182 valence electrons. The molecule has 4 heteroatoms. The highest BCUT2D eigenvalue weighted by molar-refractivity contribution is 5.74. The molecular weight excluding hydrogens is 396 g/mol. The summed E-state index contributed by atoms with van der Waals surface area (Å²) >= 11 is 0. The van der Waals surface area contributed by atoms with E-state index in [9.17, 15) is 4.79 Å². The van der Waals surface area contributed by atoms with Crippen LogP contribution in [0.2, 0.25) is 0 Å². The highest BCUT2D eigenvalue weighted by Crippen LogP contribution is 2.68. The quantitative estimate of drug-likeness (QED) is 0.556. The largest absolute Gasteiger partial charge is 0.465 e. The highest BCUT2D eigenvalue weighted by atomic mass is 16.5. The fourth-order valence-corrected chi connectivity index (χ4v) is 10.1. The summed E-state index contributed by atoms with van der Waals surface area (Å²) in [4.78, 5) is 12.1. The van der Waals surface area contributed by atoms with Gasteiger partial charge in [-0.15, -0.1) is 0 Å². The molecule has 1 heterocycles. The van der Waals surface area contributed by atoms with Gasteiger partial charge in [0.2, 0.25) is 0 Å². The third-order valence-corrected chi connectivity index (χ3v) is 11.7. The maximum Gasteiger partial charge on any atom is 0.309 e. The second kappa shape index (κ2) is 8.87. The molecule has 4 saturated carbocycles. The van der Waals surface area contributed by atoms with E-state index in [2.05, 4.69) is 26.1 Å². The first kappa shape index (κ1) is 23.1. The van der Waals surface area contributed by atoms with Gasteiger partial charge in [-0.2, -0.15) is 0 Å². The number of hydrogen-bond donors (Lipinski definition) is 2. The van der Waals surface area contributed by atoms with E-state index in [1.54, 1.807) is 0 Å². The standard InChI is InChI=1S/C28H48N2O2/c1-18(16-19-10-15-32-26(19)31)23-6-7-24-22-5-4-20-17-21(30-14-13-29)8-11-27(20,2)25(22)9-12-28(23,24)3/h18-25,30H,4-17,29H2,1-3H3/t18-,19?,20?,21+,22?,23?,24?,25?,27+,28-/m1/s1. The fourth-order valence-electron chi connectivity index (χ4n) is 10.1. The number of rotatable bonds is 6. The zero-order valence-corrected chi connectivity index (χ0v) is 20.9. The Morgan fingerprint density at radius 3 is 2.56 bits per heavy atom. The Bertz CT molecular complexity index is 697. The van der Waals surface area contributed by atoms with Crippen LogP contribution in [0, 0.1) is 52.3 Å². The average molecular weight is 445 g/mol. The van der Waals surface area contributed by atoms with E-state index < -0.39 is 0 Å². The predicted molar refractivity (Wildman–Crippen MR) is 129 cm³/mol. The topological polar surface area (TPSA) is 64.3 Å². The van der Waals surface area contributed by atoms with Gasteiger partial charge in [0.25, 0.3) is 0 Å². The Morgan fingerprint density at radius 1 is 1.03 bits per heavy atom. The maximum atomic E-state index is 12.1. The number of esters is 1. The number of ether oxygens (including phenoxy) is 1. The molecule has 4 aliphatic carbocycles. The Balaban J connectivity index is 1.27. The van der Waals surface area contributed by atoms with Gasteiger partial charge in [0.15, 0.2) is 0 Å². The molecule has 0 aromatic heterocycles. The minimum atomic E-state index is 0.0723. The molecule has 1 saturated heterocycles. The molecule has 0 spiro atoms. The lowest BCUT2D eigenvalue weighted by Gasteiger charge is -2.61. The van der Waals surface area contributed by atoms with Crippen molar-refractivity contribution in [3.63, 3.8) is 0 Å². The van der Waals surface area contributed by atoms with E-state index in [0.29, 0.717) is 29.4 Å². The lowest BCUT2D eigenvalue weighted by molar-refractivity contribution is -0.142. The number of nitrogens with two attached hydrogens (primary N) is 1. The zero-order chi connectivity index (χ0) is 22.5. The van der Waals surface area contributed by atoms with Gasteiger partial charge in [-0.25, -0.2) is 0 Å². The first-order chi connectivity index (χ1) is 15.4. The molecule has 0 bridgehead atoms. The number of hydrogen-bond acceptors (Lipinski definition) is 4. The number of carbonyl (C=O) groups excluding carboxylic acids is 1. The lowest BCUT2D eigenvalue weighted by Crippen LogP contribution is -2.55. The van der Waals surface area contributed by atoms with Crippen molar-refractivity contribution in [1.29, 1.82) is 0 Å². The minimum absolute atomic E-state index is 0.0723. The van der Waals surface area contributed by atoms with Crippen LogP contribution in [-0.2, 0) is 9.53 Å². The summed E-state index contributed by atoms with van der Waals surface area (Å²) in [5.41, 5.74) is 6.80.